The number of alkyl halides is 3. The van der Waals surface area contributed by atoms with Crippen LogP contribution in [0.2, 0.25) is 0 Å². The average molecular weight is 317 g/mol. The molecule has 2 N–H and O–H groups in total. The van der Waals surface area contributed by atoms with Crippen LogP contribution in [0.3, 0.4) is 0 Å². The van der Waals surface area contributed by atoms with Crippen LogP contribution in [0.5, 0.6) is 0 Å². The van der Waals surface area contributed by atoms with Gasteiger partial charge < -0.3 is 10.6 Å². The molecule has 0 aromatic heterocycles. The number of nitro benzene ring substituents is 1. The Balaban J connectivity index is 2.41. The first-order valence-electron chi connectivity index (χ1n) is 6.60. The summed E-state index contributed by atoms with van der Waals surface area (Å²) in [5.74, 6) is -1.08. The molecule has 1 aromatic carbocycles. The third kappa shape index (κ3) is 3.29. The maximum atomic E-state index is 13.2. The molecule has 0 aliphatic carbocycles. The van der Waals surface area contributed by atoms with E-state index in [1.807, 2.05) is 0 Å². The van der Waals surface area contributed by atoms with Crippen LogP contribution in [0.1, 0.15) is 18.4 Å². The van der Waals surface area contributed by atoms with Crippen molar-refractivity contribution in [3.63, 3.8) is 0 Å². The number of primary amides is 1. The lowest BCUT2D eigenvalue weighted by molar-refractivity contribution is -0.385. The monoisotopic (exact) mass is 317 g/mol. The van der Waals surface area contributed by atoms with Gasteiger partial charge in [-0.15, -0.1) is 0 Å². The molecule has 120 valence electrons. The summed E-state index contributed by atoms with van der Waals surface area (Å²) in [4.78, 5) is 22.4. The Hall–Kier alpha value is -2.32. The molecule has 1 fully saturated rings. The molecular weight excluding hydrogens is 303 g/mol. The van der Waals surface area contributed by atoms with Crippen molar-refractivity contribution >= 4 is 17.3 Å². The molecule has 22 heavy (non-hydrogen) atoms. The molecule has 1 amide bonds. The SMILES string of the molecule is NC(=O)C1CCCN(c2ccc([N+](=O)[O-])cc2C(F)(F)F)C1. The molecule has 1 aromatic rings. The summed E-state index contributed by atoms with van der Waals surface area (Å²) in [6.45, 7) is 0.418. The third-order valence-electron chi connectivity index (χ3n) is 3.66. The Morgan fingerprint density at radius 2 is 2.09 bits per heavy atom. The lowest BCUT2D eigenvalue weighted by Crippen LogP contribution is -2.41. The van der Waals surface area contributed by atoms with Crippen LogP contribution in [0.4, 0.5) is 24.5 Å². The number of rotatable bonds is 3. The summed E-state index contributed by atoms with van der Waals surface area (Å²) in [6.07, 6.45) is -3.66. The zero-order chi connectivity index (χ0) is 16.5. The zero-order valence-corrected chi connectivity index (χ0v) is 11.5. The van der Waals surface area contributed by atoms with Gasteiger partial charge in [0.1, 0.15) is 0 Å². The van der Waals surface area contributed by atoms with E-state index in [2.05, 4.69) is 0 Å². The molecule has 0 spiro atoms. The Morgan fingerprint density at radius 1 is 1.41 bits per heavy atom. The Morgan fingerprint density at radius 3 is 2.64 bits per heavy atom. The highest BCUT2D eigenvalue weighted by Crippen LogP contribution is 2.39. The van der Waals surface area contributed by atoms with Crippen molar-refractivity contribution in [1.82, 2.24) is 0 Å². The van der Waals surface area contributed by atoms with Crippen molar-refractivity contribution in [2.45, 2.75) is 19.0 Å². The van der Waals surface area contributed by atoms with Crippen LogP contribution in [0, 0.1) is 16.0 Å². The molecule has 0 radical (unpaired) electrons. The number of carbonyl (C=O) groups excluding carboxylic acids is 1. The number of halogens is 3. The summed E-state index contributed by atoms with van der Waals surface area (Å²) >= 11 is 0. The fourth-order valence-corrected chi connectivity index (χ4v) is 2.57. The largest absolute Gasteiger partial charge is 0.418 e. The van der Waals surface area contributed by atoms with Gasteiger partial charge in [0.25, 0.3) is 5.69 Å². The van der Waals surface area contributed by atoms with Gasteiger partial charge in [0.15, 0.2) is 0 Å². The molecule has 0 bridgehead atoms. The van der Waals surface area contributed by atoms with Crippen molar-refractivity contribution < 1.29 is 22.9 Å². The molecular formula is C13H14F3N3O3. The number of hydrogen-bond acceptors (Lipinski definition) is 4. The molecule has 1 aliphatic heterocycles. The minimum absolute atomic E-state index is 0.0796. The van der Waals surface area contributed by atoms with Crippen molar-refractivity contribution in [2.75, 3.05) is 18.0 Å². The first-order valence-corrected chi connectivity index (χ1v) is 6.60. The zero-order valence-electron chi connectivity index (χ0n) is 11.5. The standard InChI is InChI=1S/C13H14F3N3O3/c14-13(15,16)10-6-9(19(21)22)3-4-11(10)18-5-1-2-8(7-18)12(17)20/h3-4,6,8H,1-2,5,7H2,(H2,17,20). The van der Waals surface area contributed by atoms with Crippen LogP contribution in [0.25, 0.3) is 0 Å². The van der Waals surface area contributed by atoms with Crippen molar-refractivity contribution in [3.8, 4) is 0 Å². The highest BCUT2D eigenvalue weighted by Gasteiger charge is 2.37. The summed E-state index contributed by atoms with van der Waals surface area (Å²) in [5.41, 5.74) is 3.35. The van der Waals surface area contributed by atoms with Crippen molar-refractivity contribution in [1.29, 1.82) is 0 Å². The summed E-state index contributed by atoms with van der Waals surface area (Å²) in [6, 6.07) is 2.62. The fourth-order valence-electron chi connectivity index (χ4n) is 2.57. The molecule has 1 atom stereocenters. The quantitative estimate of drug-likeness (QED) is 0.684. The van der Waals surface area contributed by atoms with Gasteiger partial charge in [0, 0.05) is 30.9 Å². The second-order valence-corrected chi connectivity index (χ2v) is 5.14. The van der Waals surface area contributed by atoms with Gasteiger partial charge in [-0.2, -0.15) is 13.2 Å². The third-order valence-corrected chi connectivity index (χ3v) is 3.66. The van der Waals surface area contributed by atoms with E-state index < -0.39 is 34.2 Å². The first kappa shape index (κ1) is 16.1. The Bertz CT molecular complexity index is 604. The normalized spacial score (nSPS) is 19.0. The first-order chi connectivity index (χ1) is 10.2. The van der Waals surface area contributed by atoms with E-state index in [0.717, 1.165) is 12.1 Å². The van der Waals surface area contributed by atoms with Crippen LogP contribution in [-0.4, -0.2) is 23.9 Å². The number of anilines is 1. The van der Waals surface area contributed by atoms with E-state index in [4.69, 9.17) is 5.73 Å². The highest BCUT2D eigenvalue weighted by molar-refractivity contribution is 5.77. The number of piperidine rings is 1. The molecule has 2 rings (SSSR count). The van der Waals surface area contributed by atoms with Gasteiger partial charge in [-0.25, -0.2) is 0 Å². The molecule has 1 aliphatic rings. The van der Waals surface area contributed by atoms with E-state index in [9.17, 15) is 28.1 Å². The Labute approximate surface area is 123 Å². The van der Waals surface area contributed by atoms with Gasteiger partial charge in [-0.05, 0) is 18.9 Å². The molecule has 0 saturated carbocycles. The predicted octanol–water partition coefficient (Wildman–Crippen LogP) is 2.32. The van der Waals surface area contributed by atoms with E-state index >= 15 is 0 Å². The Kier molecular flexibility index (Phi) is 4.25. The van der Waals surface area contributed by atoms with Crippen LogP contribution >= 0.6 is 0 Å². The lowest BCUT2D eigenvalue weighted by Gasteiger charge is -2.34. The minimum Gasteiger partial charge on any atom is -0.370 e. The van der Waals surface area contributed by atoms with Gasteiger partial charge >= 0.3 is 6.18 Å². The molecule has 1 unspecified atom stereocenters. The van der Waals surface area contributed by atoms with Crippen molar-refractivity contribution in [2.24, 2.45) is 11.7 Å². The molecule has 6 nitrogen and oxygen atoms in total. The van der Waals surface area contributed by atoms with Crippen molar-refractivity contribution in [3.05, 3.63) is 33.9 Å². The number of nitrogens with zero attached hydrogens (tertiary/aromatic N) is 2. The van der Waals surface area contributed by atoms with Gasteiger partial charge in [0.2, 0.25) is 5.91 Å². The minimum atomic E-state index is -4.72. The van der Waals surface area contributed by atoms with Gasteiger partial charge in [-0.3, -0.25) is 14.9 Å². The second kappa shape index (κ2) is 5.82. The van der Waals surface area contributed by atoms with E-state index in [1.165, 1.54) is 4.90 Å². The molecule has 9 heteroatoms. The number of amides is 1. The van der Waals surface area contributed by atoms with Crippen LogP contribution in [0.15, 0.2) is 18.2 Å². The van der Waals surface area contributed by atoms with E-state index in [0.29, 0.717) is 25.5 Å². The summed E-state index contributed by atoms with van der Waals surface area (Å²) < 4.78 is 39.5. The number of non-ortho nitro benzene ring substituents is 1. The number of nitrogens with two attached hydrogens (primary N) is 1. The highest BCUT2D eigenvalue weighted by atomic mass is 19.4. The second-order valence-electron chi connectivity index (χ2n) is 5.14. The topological polar surface area (TPSA) is 89.5 Å². The smallest absolute Gasteiger partial charge is 0.370 e. The van der Waals surface area contributed by atoms with Crippen LogP contribution in [-0.2, 0) is 11.0 Å². The number of hydrogen-bond donors (Lipinski definition) is 1. The molecule has 1 heterocycles. The predicted molar refractivity (Wildman–Crippen MR) is 72.2 cm³/mol. The molecule has 1 saturated heterocycles. The van der Waals surface area contributed by atoms with Gasteiger partial charge in [0.05, 0.1) is 16.4 Å². The number of nitro groups is 1. The lowest BCUT2D eigenvalue weighted by atomic mass is 9.96. The maximum Gasteiger partial charge on any atom is 0.418 e. The summed E-state index contributed by atoms with van der Waals surface area (Å²) in [7, 11) is 0. The average Bonchev–Trinajstić information content (AvgIpc) is 2.45. The number of carbonyl (C=O) groups is 1. The fraction of sp³-hybridized carbons (Fsp3) is 0.462. The van der Waals surface area contributed by atoms with Crippen LogP contribution < -0.4 is 10.6 Å². The van der Waals surface area contributed by atoms with E-state index in [-0.39, 0.29) is 12.2 Å². The maximum absolute atomic E-state index is 13.2. The summed E-state index contributed by atoms with van der Waals surface area (Å²) in [5, 5.41) is 10.7. The van der Waals surface area contributed by atoms with E-state index in [1.54, 1.807) is 0 Å². The van der Waals surface area contributed by atoms with Gasteiger partial charge in [-0.1, -0.05) is 0 Å². The number of benzene rings is 1.